The first kappa shape index (κ1) is 17.3. The zero-order chi connectivity index (χ0) is 16.8. The van der Waals surface area contributed by atoms with Crippen LogP contribution in [0.25, 0.3) is 0 Å². The molecular formula is C16H22N4O2S2. The number of furan rings is 1. The highest BCUT2D eigenvalue weighted by Crippen LogP contribution is 2.27. The molecule has 0 radical (unpaired) electrons. The monoisotopic (exact) mass is 366 g/mol. The van der Waals surface area contributed by atoms with Gasteiger partial charge in [-0.1, -0.05) is 30.0 Å². The molecule has 0 spiro atoms. The summed E-state index contributed by atoms with van der Waals surface area (Å²) in [6, 6.07) is 4.17. The number of nitrogens with one attached hydrogen (secondary N) is 1. The quantitative estimate of drug-likeness (QED) is 0.755. The number of carbonyl (C=O) groups is 1. The van der Waals surface area contributed by atoms with Crippen LogP contribution in [-0.4, -0.2) is 39.3 Å². The summed E-state index contributed by atoms with van der Waals surface area (Å²) < 4.78 is 6.08. The van der Waals surface area contributed by atoms with Gasteiger partial charge in [0.25, 0.3) is 0 Å². The third-order valence-corrected chi connectivity index (χ3v) is 6.14. The van der Waals surface area contributed by atoms with Crippen LogP contribution in [0.3, 0.4) is 0 Å². The van der Waals surface area contributed by atoms with Crippen LogP contribution in [0.15, 0.2) is 27.2 Å². The molecule has 0 aromatic carbocycles. The molecule has 1 N–H and O–H groups in total. The van der Waals surface area contributed by atoms with Gasteiger partial charge in [0.1, 0.15) is 5.76 Å². The van der Waals surface area contributed by atoms with Gasteiger partial charge in [-0.15, -0.1) is 10.2 Å². The lowest BCUT2D eigenvalue weighted by Crippen LogP contribution is -2.44. The Morgan fingerprint density at radius 3 is 3.21 bits per heavy atom. The average Bonchev–Trinajstić information content (AvgIpc) is 3.29. The SMILES string of the molecule is CC[C@H]1CCCCN1C(=O)CSc1nnc(NCc2ccco2)s1. The van der Waals surface area contributed by atoms with Gasteiger partial charge in [0.05, 0.1) is 18.6 Å². The van der Waals surface area contributed by atoms with E-state index in [2.05, 4.69) is 22.4 Å². The van der Waals surface area contributed by atoms with Crippen LogP contribution in [0.4, 0.5) is 5.13 Å². The van der Waals surface area contributed by atoms with Gasteiger partial charge in [0, 0.05) is 12.6 Å². The van der Waals surface area contributed by atoms with Gasteiger partial charge in [0.2, 0.25) is 11.0 Å². The Kier molecular flexibility index (Phi) is 6.14. The number of amides is 1. The molecule has 1 fully saturated rings. The molecule has 1 amide bonds. The molecule has 0 bridgehead atoms. The molecule has 1 aliphatic rings. The minimum absolute atomic E-state index is 0.215. The number of hydrogen-bond acceptors (Lipinski definition) is 7. The Hall–Kier alpha value is -1.54. The zero-order valence-corrected chi connectivity index (χ0v) is 15.4. The van der Waals surface area contributed by atoms with Crippen molar-refractivity contribution in [2.45, 2.75) is 49.5 Å². The van der Waals surface area contributed by atoms with Crippen LogP contribution < -0.4 is 5.32 Å². The number of carbonyl (C=O) groups excluding carboxylic acids is 1. The second-order valence-corrected chi connectivity index (χ2v) is 7.94. The van der Waals surface area contributed by atoms with Crippen molar-refractivity contribution in [1.82, 2.24) is 15.1 Å². The summed E-state index contributed by atoms with van der Waals surface area (Å²) in [5, 5.41) is 12.2. The second kappa shape index (κ2) is 8.53. The standard InChI is InChI=1S/C16H22N4O2S2/c1-2-12-6-3-4-8-20(12)14(21)11-23-16-19-18-15(24-16)17-10-13-7-5-9-22-13/h5,7,9,12H,2-4,6,8,10-11H2,1H3,(H,17,18)/t12-/m0/s1. The highest BCUT2D eigenvalue weighted by molar-refractivity contribution is 8.01. The van der Waals surface area contributed by atoms with E-state index in [1.54, 1.807) is 6.26 Å². The fourth-order valence-corrected chi connectivity index (χ4v) is 4.51. The molecule has 24 heavy (non-hydrogen) atoms. The van der Waals surface area contributed by atoms with E-state index in [-0.39, 0.29) is 5.91 Å². The van der Waals surface area contributed by atoms with E-state index in [0.29, 0.717) is 18.3 Å². The summed E-state index contributed by atoms with van der Waals surface area (Å²) in [7, 11) is 0. The molecule has 0 aliphatic carbocycles. The molecule has 6 nitrogen and oxygen atoms in total. The van der Waals surface area contributed by atoms with Crippen LogP contribution in [0.1, 0.15) is 38.4 Å². The van der Waals surface area contributed by atoms with Crippen molar-refractivity contribution in [2.24, 2.45) is 0 Å². The summed E-state index contributed by atoms with van der Waals surface area (Å²) in [6.07, 6.45) is 6.17. The van der Waals surface area contributed by atoms with Crippen molar-refractivity contribution < 1.29 is 9.21 Å². The third-order valence-electron chi connectivity index (χ3n) is 4.14. The third kappa shape index (κ3) is 4.51. The van der Waals surface area contributed by atoms with Gasteiger partial charge in [-0.3, -0.25) is 4.79 Å². The summed E-state index contributed by atoms with van der Waals surface area (Å²) in [6.45, 7) is 3.63. The lowest BCUT2D eigenvalue weighted by Gasteiger charge is -2.35. The van der Waals surface area contributed by atoms with Gasteiger partial charge in [-0.2, -0.15) is 0 Å². The maximum atomic E-state index is 12.5. The molecule has 0 saturated carbocycles. The summed E-state index contributed by atoms with van der Waals surface area (Å²) in [5.41, 5.74) is 0. The van der Waals surface area contributed by atoms with E-state index in [1.807, 2.05) is 17.0 Å². The van der Waals surface area contributed by atoms with Crippen LogP contribution in [0.5, 0.6) is 0 Å². The molecule has 1 aliphatic heterocycles. The number of likely N-dealkylation sites (tertiary alicyclic amines) is 1. The fraction of sp³-hybridized carbons (Fsp3) is 0.562. The van der Waals surface area contributed by atoms with E-state index < -0.39 is 0 Å². The van der Waals surface area contributed by atoms with Crippen LogP contribution >= 0.6 is 23.1 Å². The van der Waals surface area contributed by atoms with Crippen LogP contribution in [0, 0.1) is 0 Å². The first-order valence-corrected chi connectivity index (χ1v) is 10.1. The van der Waals surface area contributed by atoms with Gasteiger partial charge in [0.15, 0.2) is 4.34 Å². The highest BCUT2D eigenvalue weighted by Gasteiger charge is 2.25. The van der Waals surface area contributed by atoms with Crippen molar-refractivity contribution in [3.05, 3.63) is 24.2 Å². The Bertz CT molecular complexity index is 644. The summed E-state index contributed by atoms with van der Waals surface area (Å²) >= 11 is 2.94. The first-order valence-electron chi connectivity index (χ1n) is 8.28. The van der Waals surface area contributed by atoms with Gasteiger partial charge in [-0.05, 0) is 37.8 Å². The van der Waals surface area contributed by atoms with Crippen LogP contribution in [0.2, 0.25) is 0 Å². The maximum absolute atomic E-state index is 12.5. The smallest absolute Gasteiger partial charge is 0.233 e. The number of hydrogen-bond donors (Lipinski definition) is 1. The molecule has 2 aromatic heterocycles. The lowest BCUT2D eigenvalue weighted by molar-refractivity contribution is -0.132. The molecular weight excluding hydrogens is 344 g/mol. The van der Waals surface area contributed by atoms with Crippen molar-refractivity contribution in [2.75, 3.05) is 17.6 Å². The van der Waals surface area contributed by atoms with Gasteiger partial charge < -0.3 is 14.6 Å². The van der Waals surface area contributed by atoms with E-state index in [4.69, 9.17) is 4.42 Å². The molecule has 8 heteroatoms. The largest absolute Gasteiger partial charge is 0.467 e. The number of aromatic nitrogens is 2. The Labute approximate surface area is 150 Å². The van der Waals surface area contributed by atoms with Gasteiger partial charge in [-0.25, -0.2) is 0 Å². The zero-order valence-electron chi connectivity index (χ0n) is 13.7. The Morgan fingerprint density at radius 2 is 2.42 bits per heavy atom. The number of nitrogens with zero attached hydrogens (tertiary/aromatic N) is 3. The summed E-state index contributed by atoms with van der Waals surface area (Å²) in [5.74, 6) is 1.50. The minimum atomic E-state index is 0.215. The maximum Gasteiger partial charge on any atom is 0.233 e. The van der Waals surface area contributed by atoms with E-state index in [9.17, 15) is 4.79 Å². The molecule has 1 saturated heterocycles. The van der Waals surface area contributed by atoms with Crippen LogP contribution in [-0.2, 0) is 11.3 Å². The molecule has 3 rings (SSSR count). The number of anilines is 1. The lowest BCUT2D eigenvalue weighted by atomic mass is 10.0. The molecule has 0 unspecified atom stereocenters. The summed E-state index contributed by atoms with van der Waals surface area (Å²) in [4.78, 5) is 14.5. The van der Waals surface area contributed by atoms with E-state index in [1.165, 1.54) is 29.5 Å². The number of thioether (sulfide) groups is 1. The fourth-order valence-electron chi connectivity index (χ4n) is 2.88. The van der Waals surface area contributed by atoms with Gasteiger partial charge >= 0.3 is 0 Å². The van der Waals surface area contributed by atoms with Crippen molar-refractivity contribution in [3.63, 3.8) is 0 Å². The highest BCUT2D eigenvalue weighted by atomic mass is 32.2. The predicted molar refractivity (Wildman–Crippen MR) is 96.3 cm³/mol. The number of rotatable bonds is 7. The molecule has 2 aromatic rings. The topological polar surface area (TPSA) is 71.3 Å². The van der Waals surface area contributed by atoms with E-state index in [0.717, 1.165) is 41.0 Å². The predicted octanol–water partition coefficient (Wildman–Crippen LogP) is 3.63. The Balaban J connectivity index is 1.47. The van der Waals surface area contributed by atoms with Crippen molar-refractivity contribution in [3.8, 4) is 0 Å². The number of piperidine rings is 1. The molecule has 1 atom stereocenters. The van der Waals surface area contributed by atoms with E-state index >= 15 is 0 Å². The van der Waals surface area contributed by atoms with Crippen molar-refractivity contribution in [1.29, 1.82) is 0 Å². The minimum Gasteiger partial charge on any atom is -0.467 e. The van der Waals surface area contributed by atoms with Crippen molar-refractivity contribution >= 4 is 34.1 Å². The first-order chi connectivity index (χ1) is 11.8. The second-order valence-electron chi connectivity index (χ2n) is 5.74. The average molecular weight is 367 g/mol. The Morgan fingerprint density at radius 1 is 1.50 bits per heavy atom. The molecule has 130 valence electrons. The normalized spacial score (nSPS) is 17.9. The molecule has 3 heterocycles.